The number of rotatable bonds is 10. The first-order valence-electron chi connectivity index (χ1n) is 5.70. The van der Waals surface area contributed by atoms with Crippen LogP contribution in [0.25, 0.3) is 0 Å². The van der Waals surface area contributed by atoms with Gasteiger partial charge in [-0.05, 0) is 46.4 Å². The van der Waals surface area contributed by atoms with E-state index in [1.54, 1.807) is 0 Å². The lowest BCUT2D eigenvalue weighted by Crippen LogP contribution is -2.22. The first-order valence-corrected chi connectivity index (χ1v) is 5.70. The van der Waals surface area contributed by atoms with E-state index < -0.39 is 0 Å². The van der Waals surface area contributed by atoms with E-state index in [0.29, 0.717) is 0 Å². The minimum absolute atomic E-state index is 0.849. The second-order valence-electron chi connectivity index (χ2n) is 3.87. The van der Waals surface area contributed by atoms with Gasteiger partial charge in [0, 0.05) is 13.2 Å². The number of unbranched alkanes of at least 4 members (excludes halogenated alkanes) is 1. The van der Waals surface area contributed by atoms with Gasteiger partial charge in [-0.2, -0.15) is 0 Å². The van der Waals surface area contributed by atoms with Crippen LogP contribution in [-0.4, -0.2) is 51.8 Å². The molecule has 0 saturated heterocycles. The lowest BCUT2D eigenvalue weighted by atomic mass is 10.3. The van der Waals surface area contributed by atoms with Gasteiger partial charge in [0.15, 0.2) is 0 Å². The second-order valence-corrected chi connectivity index (χ2v) is 3.87. The molecule has 14 heavy (non-hydrogen) atoms. The van der Waals surface area contributed by atoms with Gasteiger partial charge in [-0.15, -0.1) is 0 Å². The van der Waals surface area contributed by atoms with Crippen molar-refractivity contribution in [3.05, 3.63) is 0 Å². The van der Waals surface area contributed by atoms with Gasteiger partial charge in [-0.1, -0.05) is 6.92 Å². The summed E-state index contributed by atoms with van der Waals surface area (Å²) >= 11 is 0. The van der Waals surface area contributed by atoms with Crippen LogP contribution in [-0.2, 0) is 4.74 Å². The Balaban J connectivity index is 2.85. The summed E-state index contributed by atoms with van der Waals surface area (Å²) in [5, 5.41) is 3.37. The van der Waals surface area contributed by atoms with Crippen LogP contribution in [0.4, 0.5) is 0 Å². The average molecular weight is 202 g/mol. The fourth-order valence-electron chi connectivity index (χ4n) is 1.19. The summed E-state index contributed by atoms with van der Waals surface area (Å²) in [5.74, 6) is 0. The minimum atomic E-state index is 0.849. The zero-order valence-electron chi connectivity index (χ0n) is 10.0. The number of nitrogens with one attached hydrogen (secondary N) is 1. The summed E-state index contributed by atoms with van der Waals surface area (Å²) in [6.45, 7) is 7.16. The molecule has 0 amide bonds. The molecule has 0 aliphatic rings. The molecule has 0 bridgehead atoms. The first-order chi connectivity index (χ1) is 6.77. The van der Waals surface area contributed by atoms with E-state index in [9.17, 15) is 0 Å². The van der Waals surface area contributed by atoms with Crippen molar-refractivity contribution in [3.8, 4) is 0 Å². The highest BCUT2D eigenvalue weighted by Gasteiger charge is 1.91. The normalized spacial score (nSPS) is 11.1. The van der Waals surface area contributed by atoms with Crippen LogP contribution < -0.4 is 5.32 Å². The van der Waals surface area contributed by atoms with E-state index in [-0.39, 0.29) is 0 Å². The Bertz CT molecular complexity index is 107. The third-order valence-corrected chi connectivity index (χ3v) is 1.98. The molecule has 0 atom stereocenters. The maximum atomic E-state index is 5.36. The molecule has 0 fully saturated rings. The fourth-order valence-corrected chi connectivity index (χ4v) is 1.19. The van der Waals surface area contributed by atoms with Crippen molar-refractivity contribution in [2.75, 3.05) is 46.9 Å². The predicted octanol–water partition coefficient (Wildman–Crippen LogP) is 1.34. The molecule has 0 aromatic heterocycles. The molecular formula is C11H26N2O. The van der Waals surface area contributed by atoms with Crippen LogP contribution >= 0.6 is 0 Å². The van der Waals surface area contributed by atoms with E-state index >= 15 is 0 Å². The van der Waals surface area contributed by atoms with Crippen LogP contribution in [0.2, 0.25) is 0 Å². The molecule has 0 radical (unpaired) electrons. The molecular weight excluding hydrogens is 176 g/mol. The standard InChI is InChI=1S/C11H26N2O/c1-4-10-14-11-8-12-7-5-6-9-13(2)3/h12H,4-11H2,1-3H3. The number of nitrogens with zero attached hydrogens (tertiary/aromatic N) is 1. The van der Waals surface area contributed by atoms with E-state index in [4.69, 9.17) is 4.74 Å². The highest BCUT2D eigenvalue weighted by molar-refractivity contribution is 4.50. The van der Waals surface area contributed by atoms with Gasteiger partial charge >= 0.3 is 0 Å². The summed E-state index contributed by atoms with van der Waals surface area (Å²) in [6.07, 6.45) is 3.64. The number of hydrogen-bond donors (Lipinski definition) is 1. The van der Waals surface area contributed by atoms with Crippen molar-refractivity contribution in [3.63, 3.8) is 0 Å². The van der Waals surface area contributed by atoms with Gasteiger partial charge in [0.05, 0.1) is 6.61 Å². The van der Waals surface area contributed by atoms with E-state index in [1.807, 2.05) is 0 Å². The lowest BCUT2D eigenvalue weighted by molar-refractivity contribution is 0.136. The molecule has 0 aliphatic heterocycles. The summed E-state index contributed by atoms with van der Waals surface area (Å²) in [5.41, 5.74) is 0. The smallest absolute Gasteiger partial charge is 0.0590 e. The molecule has 0 heterocycles. The van der Waals surface area contributed by atoms with E-state index in [2.05, 4.69) is 31.2 Å². The SMILES string of the molecule is CCCOCCNCCCCN(C)C. The first kappa shape index (κ1) is 13.9. The van der Waals surface area contributed by atoms with Crippen LogP contribution in [0.15, 0.2) is 0 Å². The molecule has 0 aromatic rings. The van der Waals surface area contributed by atoms with Gasteiger partial charge in [-0.3, -0.25) is 0 Å². The van der Waals surface area contributed by atoms with Gasteiger partial charge in [0.1, 0.15) is 0 Å². The lowest BCUT2D eigenvalue weighted by Gasteiger charge is -2.09. The molecule has 0 unspecified atom stereocenters. The summed E-state index contributed by atoms with van der Waals surface area (Å²) < 4.78 is 5.36. The number of hydrogen-bond acceptors (Lipinski definition) is 3. The van der Waals surface area contributed by atoms with Gasteiger partial charge in [0.2, 0.25) is 0 Å². The van der Waals surface area contributed by atoms with Gasteiger partial charge in [-0.25, -0.2) is 0 Å². The van der Waals surface area contributed by atoms with Crippen molar-refractivity contribution >= 4 is 0 Å². The highest BCUT2D eigenvalue weighted by Crippen LogP contribution is 1.88. The Morgan fingerprint density at radius 2 is 1.86 bits per heavy atom. The average Bonchev–Trinajstić information content (AvgIpc) is 2.15. The van der Waals surface area contributed by atoms with E-state index in [0.717, 1.165) is 32.7 Å². The zero-order chi connectivity index (χ0) is 10.6. The quantitative estimate of drug-likeness (QED) is 0.541. The molecule has 86 valence electrons. The fraction of sp³-hybridized carbons (Fsp3) is 1.00. The summed E-state index contributed by atoms with van der Waals surface area (Å²) in [7, 11) is 4.23. The van der Waals surface area contributed by atoms with Crippen LogP contribution in [0.1, 0.15) is 26.2 Å². The maximum absolute atomic E-state index is 5.36. The van der Waals surface area contributed by atoms with Crippen molar-refractivity contribution in [2.24, 2.45) is 0 Å². The second kappa shape index (κ2) is 11.0. The third kappa shape index (κ3) is 11.9. The molecule has 3 heteroatoms. The third-order valence-electron chi connectivity index (χ3n) is 1.98. The molecule has 0 rings (SSSR count). The van der Waals surface area contributed by atoms with Crippen molar-refractivity contribution < 1.29 is 4.74 Å². The van der Waals surface area contributed by atoms with E-state index in [1.165, 1.54) is 19.4 Å². The molecule has 0 spiro atoms. The van der Waals surface area contributed by atoms with Gasteiger partial charge in [0.25, 0.3) is 0 Å². The number of ether oxygens (including phenoxy) is 1. The van der Waals surface area contributed by atoms with Crippen LogP contribution in [0.5, 0.6) is 0 Å². The molecule has 3 nitrogen and oxygen atoms in total. The molecule has 0 aromatic carbocycles. The Labute approximate surface area is 88.8 Å². The Hall–Kier alpha value is -0.120. The summed E-state index contributed by atoms with van der Waals surface area (Å²) in [4.78, 5) is 2.23. The Kier molecular flexibility index (Phi) is 10.9. The summed E-state index contributed by atoms with van der Waals surface area (Å²) in [6, 6.07) is 0. The van der Waals surface area contributed by atoms with Crippen LogP contribution in [0, 0.1) is 0 Å². The predicted molar refractivity (Wildman–Crippen MR) is 61.8 cm³/mol. The molecule has 0 aliphatic carbocycles. The van der Waals surface area contributed by atoms with Crippen LogP contribution in [0.3, 0.4) is 0 Å². The monoisotopic (exact) mass is 202 g/mol. The Morgan fingerprint density at radius 3 is 2.50 bits per heavy atom. The zero-order valence-corrected chi connectivity index (χ0v) is 10.0. The van der Waals surface area contributed by atoms with Crippen molar-refractivity contribution in [1.29, 1.82) is 0 Å². The molecule has 0 saturated carbocycles. The largest absolute Gasteiger partial charge is 0.380 e. The van der Waals surface area contributed by atoms with Crippen molar-refractivity contribution in [1.82, 2.24) is 10.2 Å². The molecule has 1 N–H and O–H groups in total. The minimum Gasteiger partial charge on any atom is -0.380 e. The van der Waals surface area contributed by atoms with Crippen molar-refractivity contribution in [2.45, 2.75) is 26.2 Å². The highest BCUT2D eigenvalue weighted by atomic mass is 16.5. The topological polar surface area (TPSA) is 24.5 Å². The maximum Gasteiger partial charge on any atom is 0.0590 e. The Morgan fingerprint density at radius 1 is 1.07 bits per heavy atom. The van der Waals surface area contributed by atoms with Gasteiger partial charge < -0.3 is 15.0 Å².